The fourth-order valence-corrected chi connectivity index (χ4v) is 4.30. The molecule has 4 heterocycles. The molecule has 1 saturated heterocycles. The average Bonchev–Trinajstić information content (AvgIpc) is 3.20. The second-order valence-corrected chi connectivity index (χ2v) is 9.50. The first-order chi connectivity index (χ1) is 15.0. The predicted molar refractivity (Wildman–Crippen MR) is 120 cm³/mol. The van der Waals surface area contributed by atoms with Crippen molar-refractivity contribution in [2.45, 2.75) is 25.5 Å². The first kappa shape index (κ1) is 21.5. The number of fused-ring (bicyclic) bond motifs is 1. The van der Waals surface area contributed by atoms with E-state index in [1.54, 1.807) is 25.6 Å². The highest BCUT2D eigenvalue weighted by Crippen LogP contribution is 2.22. The van der Waals surface area contributed by atoms with Gasteiger partial charge >= 0.3 is 0 Å². The molecule has 0 aliphatic carbocycles. The van der Waals surface area contributed by atoms with Crippen molar-refractivity contribution in [1.82, 2.24) is 24.2 Å². The summed E-state index contributed by atoms with van der Waals surface area (Å²) in [5.41, 5.74) is 0.903. The van der Waals surface area contributed by atoms with Gasteiger partial charge in [-0.15, -0.1) is 0 Å². The Morgan fingerprint density at radius 2 is 2.00 bits per heavy atom. The number of piperidine rings is 1. The van der Waals surface area contributed by atoms with E-state index in [1.807, 2.05) is 22.9 Å². The van der Waals surface area contributed by atoms with Gasteiger partial charge in [0, 0.05) is 56.8 Å². The molecule has 31 heavy (non-hydrogen) atoms. The highest BCUT2D eigenvalue weighted by molar-refractivity contribution is 7.89. The number of aromatic nitrogens is 4. The van der Waals surface area contributed by atoms with Gasteiger partial charge in [-0.3, -0.25) is 0 Å². The van der Waals surface area contributed by atoms with E-state index in [-0.39, 0.29) is 5.75 Å². The van der Waals surface area contributed by atoms with Gasteiger partial charge in [0.1, 0.15) is 11.6 Å². The Balaban J connectivity index is 1.49. The molecular weight excluding hydrogens is 418 g/mol. The number of anilines is 3. The number of aryl methyl sites for hydroxylation is 1. The molecule has 0 unspecified atom stereocenters. The maximum atomic E-state index is 11.8. The smallest absolute Gasteiger partial charge is 0.227 e. The molecule has 0 bridgehead atoms. The molecule has 0 aromatic carbocycles. The number of hydrogen-bond donors (Lipinski definition) is 2. The lowest BCUT2D eigenvalue weighted by atomic mass is 10.1. The van der Waals surface area contributed by atoms with Crippen LogP contribution >= 0.6 is 0 Å². The van der Waals surface area contributed by atoms with E-state index in [2.05, 4.69) is 29.9 Å². The Morgan fingerprint density at radius 3 is 2.74 bits per heavy atom. The van der Waals surface area contributed by atoms with Crippen LogP contribution in [0, 0.1) is 0 Å². The molecule has 3 aromatic rings. The van der Waals surface area contributed by atoms with Crippen molar-refractivity contribution in [2.75, 3.05) is 43.2 Å². The predicted octanol–water partition coefficient (Wildman–Crippen LogP) is 1.73. The Labute approximate surface area is 181 Å². The van der Waals surface area contributed by atoms with Crippen LogP contribution in [0.3, 0.4) is 0 Å². The minimum atomic E-state index is -3.28. The normalized spacial score (nSPS) is 15.5. The van der Waals surface area contributed by atoms with Crippen molar-refractivity contribution in [2.24, 2.45) is 0 Å². The van der Waals surface area contributed by atoms with E-state index >= 15 is 0 Å². The highest BCUT2D eigenvalue weighted by atomic mass is 32.2. The first-order valence-electron chi connectivity index (χ1n) is 10.2. The summed E-state index contributed by atoms with van der Waals surface area (Å²) in [5, 5.41) is 4.18. The Kier molecular flexibility index (Phi) is 6.35. The van der Waals surface area contributed by atoms with Gasteiger partial charge in [-0.05, 0) is 32.0 Å². The Morgan fingerprint density at radius 1 is 1.19 bits per heavy atom. The standard InChI is InChI=1S/C20H27N7O3S/c1-21-31(28,29)12-11-26-8-4-15-14-23-19(13-17(15)26)24-18-3-7-22-20(25-18)27-9-5-16(30-2)6-10-27/h3-4,7-8,13-14,16,21H,5-6,9-12H2,1-2H3,(H,22,23,24,25). The second kappa shape index (κ2) is 9.16. The number of sulfonamides is 1. The number of rotatable bonds is 8. The highest BCUT2D eigenvalue weighted by Gasteiger charge is 2.20. The molecule has 0 spiro atoms. The molecule has 11 heteroatoms. The van der Waals surface area contributed by atoms with Crippen molar-refractivity contribution in [3.8, 4) is 0 Å². The van der Waals surface area contributed by atoms with E-state index in [0.717, 1.165) is 36.8 Å². The summed E-state index contributed by atoms with van der Waals surface area (Å²) in [5.74, 6) is 1.97. The summed E-state index contributed by atoms with van der Waals surface area (Å²) < 4.78 is 33.2. The molecule has 166 valence electrons. The minimum Gasteiger partial charge on any atom is -0.381 e. The van der Waals surface area contributed by atoms with E-state index in [0.29, 0.717) is 30.2 Å². The molecule has 1 aliphatic rings. The van der Waals surface area contributed by atoms with Gasteiger partial charge in [-0.25, -0.2) is 23.1 Å². The Hall–Kier alpha value is -2.76. The number of ether oxygens (including phenoxy) is 1. The first-order valence-corrected chi connectivity index (χ1v) is 11.9. The van der Waals surface area contributed by atoms with Crippen LogP contribution in [-0.4, -0.2) is 67.0 Å². The van der Waals surface area contributed by atoms with Gasteiger partial charge in [-0.1, -0.05) is 0 Å². The fraction of sp³-hybridized carbons (Fsp3) is 0.450. The van der Waals surface area contributed by atoms with E-state index in [9.17, 15) is 8.42 Å². The van der Waals surface area contributed by atoms with E-state index in [1.165, 1.54) is 7.05 Å². The number of methoxy groups -OCH3 is 1. The van der Waals surface area contributed by atoms with E-state index < -0.39 is 10.0 Å². The minimum absolute atomic E-state index is 0.00734. The van der Waals surface area contributed by atoms with Crippen LogP contribution in [0.15, 0.2) is 36.8 Å². The SMILES string of the molecule is CNS(=O)(=O)CCn1ccc2cnc(Nc3ccnc(N4CCC(OC)CC4)n3)cc21. The van der Waals surface area contributed by atoms with Gasteiger partial charge in [-0.2, -0.15) is 4.98 Å². The van der Waals surface area contributed by atoms with Gasteiger partial charge < -0.3 is 19.5 Å². The molecular formula is C20H27N7O3S. The Bertz CT molecular complexity index is 1140. The second-order valence-electron chi connectivity index (χ2n) is 7.45. The quantitative estimate of drug-likeness (QED) is 0.539. The van der Waals surface area contributed by atoms with Crippen molar-refractivity contribution < 1.29 is 13.2 Å². The molecule has 10 nitrogen and oxygen atoms in total. The monoisotopic (exact) mass is 445 g/mol. The van der Waals surface area contributed by atoms with Gasteiger partial charge in [0.05, 0.1) is 17.4 Å². The summed E-state index contributed by atoms with van der Waals surface area (Å²) in [4.78, 5) is 15.7. The van der Waals surface area contributed by atoms with Crippen molar-refractivity contribution >= 4 is 38.5 Å². The summed E-state index contributed by atoms with van der Waals surface area (Å²) in [6.07, 6.45) is 7.57. The van der Waals surface area contributed by atoms with Crippen LogP contribution in [-0.2, 0) is 21.3 Å². The zero-order valence-corrected chi connectivity index (χ0v) is 18.5. The molecule has 4 rings (SSSR count). The number of nitrogens with one attached hydrogen (secondary N) is 2. The molecule has 0 radical (unpaired) electrons. The zero-order chi connectivity index (χ0) is 21.8. The lowest BCUT2D eigenvalue weighted by Gasteiger charge is -2.31. The molecule has 0 atom stereocenters. The number of nitrogens with zero attached hydrogens (tertiary/aromatic N) is 5. The largest absolute Gasteiger partial charge is 0.381 e. The van der Waals surface area contributed by atoms with Gasteiger partial charge in [0.2, 0.25) is 16.0 Å². The van der Waals surface area contributed by atoms with Crippen LogP contribution in [0.2, 0.25) is 0 Å². The zero-order valence-electron chi connectivity index (χ0n) is 17.7. The van der Waals surface area contributed by atoms with Crippen LogP contribution in [0.1, 0.15) is 12.8 Å². The summed E-state index contributed by atoms with van der Waals surface area (Å²) in [7, 11) is -0.103. The van der Waals surface area contributed by atoms with E-state index in [4.69, 9.17) is 4.74 Å². The number of pyridine rings is 1. The fourth-order valence-electron chi connectivity index (χ4n) is 3.66. The lowest BCUT2D eigenvalue weighted by molar-refractivity contribution is 0.0816. The molecule has 2 N–H and O–H groups in total. The molecule has 3 aromatic heterocycles. The molecule has 1 aliphatic heterocycles. The summed E-state index contributed by atoms with van der Waals surface area (Å²) in [6, 6.07) is 5.62. The number of hydrogen-bond acceptors (Lipinski definition) is 8. The van der Waals surface area contributed by atoms with Crippen molar-refractivity contribution in [3.63, 3.8) is 0 Å². The van der Waals surface area contributed by atoms with Gasteiger partial charge in [0.15, 0.2) is 0 Å². The molecule has 0 saturated carbocycles. The van der Waals surface area contributed by atoms with Crippen LogP contribution in [0.25, 0.3) is 10.9 Å². The third-order valence-corrected chi connectivity index (χ3v) is 6.87. The topological polar surface area (TPSA) is 114 Å². The summed E-state index contributed by atoms with van der Waals surface area (Å²) in [6.45, 7) is 2.07. The van der Waals surface area contributed by atoms with Crippen LogP contribution < -0.4 is 14.9 Å². The molecule has 0 amide bonds. The van der Waals surface area contributed by atoms with Crippen molar-refractivity contribution in [3.05, 3.63) is 36.8 Å². The third-order valence-electron chi connectivity index (χ3n) is 5.52. The van der Waals surface area contributed by atoms with Gasteiger partial charge in [0.25, 0.3) is 0 Å². The summed E-state index contributed by atoms with van der Waals surface area (Å²) >= 11 is 0. The lowest BCUT2D eigenvalue weighted by Crippen LogP contribution is -2.37. The maximum absolute atomic E-state index is 11.8. The maximum Gasteiger partial charge on any atom is 0.227 e. The third kappa shape index (κ3) is 5.12. The van der Waals surface area contributed by atoms with Crippen molar-refractivity contribution in [1.29, 1.82) is 0 Å². The average molecular weight is 446 g/mol. The van der Waals surface area contributed by atoms with Crippen LogP contribution in [0.4, 0.5) is 17.6 Å². The van der Waals surface area contributed by atoms with Crippen LogP contribution in [0.5, 0.6) is 0 Å². The molecule has 1 fully saturated rings.